The number of benzene rings is 3. The number of fused-ring (bicyclic) bond motifs is 1. The Labute approximate surface area is 327 Å². The van der Waals surface area contributed by atoms with E-state index in [4.69, 9.17) is 37.6 Å². The monoisotopic (exact) mass is 816 g/mol. The van der Waals surface area contributed by atoms with Crippen molar-refractivity contribution in [1.29, 1.82) is 0 Å². The lowest BCUT2D eigenvalue weighted by molar-refractivity contribution is -0.323. The number of phenolic OH excluding ortho intramolecular Hbond substituents is 4. The fraction of sp³-hybridized carbons (Fsp3) is 0.368. The number of hydrogen-bond acceptors (Lipinski definition) is 20. The summed E-state index contributed by atoms with van der Waals surface area (Å²) in [6, 6.07) is 9.46. The molecular weight excluding hydrogens is 776 g/mol. The zero-order valence-corrected chi connectivity index (χ0v) is 30.5. The van der Waals surface area contributed by atoms with E-state index < -0.39 is 103 Å². The van der Waals surface area contributed by atoms with Crippen LogP contribution in [0.2, 0.25) is 0 Å². The minimum Gasteiger partial charge on any atom is -0.507 e. The Bertz CT molecular complexity index is 2120. The summed E-state index contributed by atoms with van der Waals surface area (Å²) in [5, 5.41) is 104. The van der Waals surface area contributed by atoms with Crippen LogP contribution >= 0.6 is 0 Å². The lowest BCUT2D eigenvalue weighted by Gasteiger charge is -2.43. The van der Waals surface area contributed by atoms with Crippen LogP contribution in [0, 0.1) is 0 Å². The molecule has 20 heteroatoms. The van der Waals surface area contributed by atoms with Gasteiger partial charge >= 0.3 is 5.97 Å². The molecule has 0 bridgehead atoms. The van der Waals surface area contributed by atoms with Crippen LogP contribution in [0.1, 0.15) is 5.56 Å². The van der Waals surface area contributed by atoms with Crippen LogP contribution < -0.4 is 19.6 Å². The van der Waals surface area contributed by atoms with E-state index in [1.807, 2.05) is 0 Å². The molecule has 10 unspecified atom stereocenters. The number of methoxy groups -OCH3 is 2. The van der Waals surface area contributed by atoms with Gasteiger partial charge in [0.1, 0.15) is 54.2 Å². The van der Waals surface area contributed by atoms with Crippen LogP contribution in [0.15, 0.2) is 63.8 Å². The summed E-state index contributed by atoms with van der Waals surface area (Å²) in [6.45, 7) is -1.51. The summed E-state index contributed by atoms with van der Waals surface area (Å²) in [5.41, 5.74) is -0.275. The number of phenols is 4. The molecule has 2 fully saturated rings. The van der Waals surface area contributed by atoms with E-state index in [-0.39, 0.29) is 45.6 Å². The maximum absolute atomic E-state index is 13.2. The van der Waals surface area contributed by atoms with E-state index in [0.717, 1.165) is 30.3 Å². The summed E-state index contributed by atoms with van der Waals surface area (Å²) in [5.74, 6) is -3.54. The first-order chi connectivity index (χ1) is 27.6. The van der Waals surface area contributed by atoms with Crippen LogP contribution in [0.25, 0.3) is 28.7 Å². The minimum absolute atomic E-state index is 0.0259. The number of esters is 1. The number of ether oxygens (including phenoxy) is 7. The van der Waals surface area contributed by atoms with Crippen molar-refractivity contribution >= 4 is 12.0 Å². The highest BCUT2D eigenvalue weighted by atomic mass is 16.7. The number of carbonyl (C=O) groups excluding carboxylic acids is 1. The number of rotatable bonds is 12. The molecule has 2 saturated heterocycles. The quantitative estimate of drug-likeness (QED) is 0.0490. The van der Waals surface area contributed by atoms with Gasteiger partial charge in [-0.2, -0.15) is 0 Å². The van der Waals surface area contributed by atoms with Crippen LogP contribution in [-0.4, -0.2) is 146 Å². The summed E-state index contributed by atoms with van der Waals surface area (Å²) < 4.78 is 44.7. The van der Waals surface area contributed by atoms with Crippen molar-refractivity contribution in [3.63, 3.8) is 0 Å². The predicted octanol–water partition coefficient (Wildman–Crippen LogP) is -0.482. The lowest BCUT2D eigenvalue weighted by Crippen LogP contribution is -2.63. The minimum atomic E-state index is -2.02. The first kappa shape index (κ1) is 41.9. The van der Waals surface area contributed by atoms with E-state index in [2.05, 4.69) is 0 Å². The van der Waals surface area contributed by atoms with Crippen LogP contribution in [0.3, 0.4) is 0 Å². The normalized spacial score (nSPS) is 27.4. The van der Waals surface area contributed by atoms with Gasteiger partial charge in [-0.1, -0.05) is 0 Å². The fourth-order valence-corrected chi connectivity index (χ4v) is 6.28. The van der Waals surface area contributed by atoms with Crippen molar-refractivity contribution < 1.29 is 93.4 Å². The third kappa shape index (κ3) is 8.60. The summed E-state index contributed by atoms with van der Waals surface area (Å²) in [4.78, 5) is 25.4. The van der Waals surface area contributed by atoms with E-state index >= 15 is 0 Å². The van der Waals surface area contributed by atoms with Crippen molar-refractivity contribution in [1.82, 2.24) is 0 Å². The highest BCUT2D eigenvalue weighted by Crippen LogP contribution is 2.43. The van der Waals surface area contributed by atoms with Gasteiger partial charge in [0.2, 0.25) is 12.0 Å². The molecule has 10 atom stereocenters. The van der Waals surface area contributed by atoms with Gasteiger partial charge in [-0.3, -0.25) is 4.79 Å². The molecule has 0 amide bonds. The summed E-state index contributed by atoms with van der Waals surface area (Å²) >= 11 is 0. The summed E-state index contributed by atoms with van der Waals surface area (Å²) in [7, 11) is 2.60. The molecule has 0 saturated carbocycles. The van der Waals surface area contributed by atoms with E-state index in [0.29, 0.717) is 5.56 Å². The van der Waals surface area contributed by atoms with Crippen molar-refractivity contribution in [2.45, 2.75) is 61.4 Å². The van der Waals surface area contributed by atoms with Crippen molar-refractivity contribution in [2.75, 3.05) is 27.4 Å². The van der Waals surface area contributed by atoms with Crippen molar-refractivity contribution in [3.8, 4) is 62.9 Å². The highest BCUT2D eigenvalue weighted by molar-refractivity contribution is 5.87. The van der Waals surface area contributed by atoms with Crippen LogP contribution in [0.5, 0.6) is 40.2 Å². The van der Waals surface area contributed by atoms with Crippen LogP contribution in [0.4, 0.5) is 0 Å². The zero-order chi connectivity index (χ0) is 42.0. The maximum atomic E-state index is 13.2. The van der Waals surface area contributed by atoms with Gasteiger partial charge in [0.25, 0.3) is 0 Å². The number of aliphatic hydroxyl groups is 6. The Morgan fingerprint density at radius 2 is 1.41 bits per heavy atom. The molecule has 1 aliphatic carbocycles. The molecule has 2 aromatic rings. The van der Waals surface area contributed by atoms with E-state index in [9.17, 15) is 60.7 Å². The average molecular weight is 817 g/mol. The Hall–Kier alpha value is -5.68. The second-order valence-electron chi connectivity index (χ2n) is 13.2. The second kappa shape index (κ2) is 17.4. The molecule has 0 spiro atoms. The van der Waals surface area contributed by atoms with Gasteiger partial charge in [-0.05, 0) is 48.0 Å². The number of carbonyl (C=O) groups is 1. The summed E-state index contributed by atoms with van der Waals surface area (Å²) in [6.07, 6.45) is -15.5. The van der Waals surface area contributed by atoms with Gasteiger partial charge in [-0.15, -0.1) is 0 Å². The molecule has 20 nitrogen and oxygen atoms in total. The molecule has 3 aliphatic heterocycles. The number of hydrogen-bond donors (Lipinski definition) is 10. The first-order valence-electron chi connectivity index (χ1n) is 17.4. The molecule has 10 N–H and O–H groups in total. The third-order valence-corrected chi connectivity index (χ3v) is 9.37. The van der Waals surface area contributed by atoms with Crippen LogP contribution in [-0.2, 0) is 23.7 Å². The maximum Gasteiger partial charge on any atom is 0.331 e. The molecular formula is C38H40O20. The standard InChI is InChI=1S/C38H40O20/c1-51-23-7-15(8-24(52-2)29(23)45)3-6-28(44)58-36-27(14-53-37-33(49)31(47)30(46)26(13-39)56-37)57-38(34(50)32(36)48)55-25-12-18-20(42)10-17(40)11-22(18)54-35(25)16-4-5-19(41)21(43)9-16/h3-12,26-27,30-34,36-39,41-43,45-50H,13-14H2,1-2H3. The Morgan fingerprint density at radius 3 is 2.07 bits per heavy atom. The third-order valence-electron chi connectivity index (χ3n) is 9.37. The van der Waals surface area contributed by atoms with Crippen molar-refractivity contribution in [3.05, 3.63) is 70.4 Å². The van der Waals surface area contributed by atoms with Gasteiger partial charge in [0, 0.05) is 23.8 Å². The highest BCUT2D eigenvalue weighted by Gasteiger charge is 2.50. The Morgan fingerprint density at radius 1 is 0.741 bits per heavy atom. The SMILES string of the molecule is COc1cc(C=CC(=O)OC2C(COC3OC(CO)C(O)C(O)C3O)OC(Oc3cc4c(O)cc(=O)cc-4oc3-c3ccc(O)c(O)c3)C(O)C2O)cc(OC)c1O. The number of aliphatic hydroxyl groups excluding tert-OH is 6. The predicted molar refractivity (Wildman–Crippen MR) is 193 cm³/mol. The van der Waals surface area contributed by atoms with E-state index in [1.54, 1.807) is 0 Å². The molecule has 4 aliphatic rings. The van der Waals surface area contributed by atoms with Crippen molar-refractivity contribution in [2.24, 2.45) is 0 Å². The molecule has 0 aromatic heterocycles. The number of aromatic hydroxyl groups is 4. The molecule has 312 valence electrons. The Balaban J connectivity index is 1.32. The van der Waals surface area contributed by atoms with E-state index in [1.165, 1.54) is 44.6 Å². The topological polar surface area (TPSA) is 314 Å². The van der Waals surface area contributed by atoms with Gasteiger partial charge in [0.15, 0.2) is 52.3 Å². The molecule has 58 heavy (non-hydrogen) atoms. The Kier molecular flexibility index (Phi) is 12.6. The fourth-order valence-electron chi connectivity index (χ4n) is 6.28. The molecule has 6 rings (SSSR count). The van der Waals surface area contributed by atoms with Gasteiger partial charge in [0.05, 0.1) is 33.0 Å². The lowest BCUT2D eigenvalue weighted by atomic mass is 9.98. The zero-order valence-electron chi connectivity index (χ0n) is 30.5. The molecule has 2 aromatic carbocycles. The van der Waals surface area contributed by atoms with Gasteiger partial charge < -0.3 is 88.6 Å². The first-order valence-corrected chi connectivity index (χ1v) is 17.4. The smallest absolute Gasteiger partial charge is 0.331 e. The molecule has 3 heterocycles. The average Bonchev–Trinajstić information content (AvgIpc) is 3.20. The molecule has 0 radical (unpaired) electrons. The van der Waals surface area contributed by atoms with Gasteiger partial charge in [-0.25, -0.2) is 4.79 Å². The second-order valence-corrected chi connectivity index (χ2v) is 13.2. The largest absolute Gasteiger partial charge is 0.507 e.